The topological polar surface area (TPSA) is 81.5 Å². The molecule has 0 unspecified atom stereocenters. The van der Waals surface area contributed by atoms with Crippen molar-refractivity contribution in [3.05, 3.63) is 59.6 Å². The van der Waals surface area contributed by atoms with Crippen LogP contribution >= 0.6 is 11.6 Å². The number of para-hydroxylation sites is 1. The fraction of sp³-hybridized carbons (Fsp3) is 0.250. The summed E-state index contributed by atoms with van der Waals surface area (Å²) >= 11 is 6.10. The summed E-state index contributed by atoms with van der Waals surface area (Å²) < 4.78 is 12.4. The summed E-state index contributed by atoms with van der Waals surface area (Å²) in [6, 6.07) is 10.9. The van der Waals surface area contributed by atoms with E-state index in [1.807, 2.05) is 30.1 Å². The molecule has 0 bridgehead atoms. The van der Waals surface area contributed by atoms with E-state index in [2.05, 4.69) is 15.4 Å². The number of halogens is 1. The summed E-state index contributed by atoms with van der Waals surface area (Å²) in [6.07, 6.45) is 2.98. The number of carbonyl (C=O) groups is 1. The monoisotopic (exact) mass is 415 g/mol. The van der Waals surface area contributed by atoms with Crippen molar-refractivity contribution in [2.24, 2.45) is 0 Å². The van der Waals surface area contributed by atoms with E-state index >= 15 is 0 Å². The Balaban J connectivity index is 1.70. The zero-order chi connectivity index (χ0) is 20.8. The molecule has 0 saturated heterocycles. The Kier molecular flexibility index (Phi) is 6.69. The Bertz CT molecular complexity index is 978. The van der Waals surface area contributed by atoms with Crippen LogP contribution in [0.5, 0.6) is 11.5 Å². The Morgan fingerprint density at radius 1 is 1.24 bits per heavy atom. The van der Waals surface area contributed by atoms with E-state index < -0.39 is 0 Å². The number of nitrogens with one attached hydrogen (secondary N) is 1. The average Bonchev–Trinajstić information content (AvgIpc) is 3.22. The summed E-state index contributed by atoms with van der Waals surface area (Å²) in [5.74, 6) is 1.13. The van der Waals surface area contributed by atoms with E-state index in [0.29, 0.717) is 34.4 Å². The number of hydrogen-bond acceptors (Lipinski definition) is 6. The van der Waals surface area contributed by atoms with E-state index in [9.17, 15) is 4.79 Å². The smallest absolute Gasteiger partial charge is 0.238 e. The number of benzene rings is 2. The molecule has 0 radical (unpaired) electrons. The lowest BCUT2D eigenvalue weighted by molar-refractivity contribution is -0.117. The van der Waals surface area contributed by atoms with Gasteiger partial charge in [0.1, 0.15) is 12.7 Å². The van der Waals surface area contributed by atoms with Gasteiger partial charge in [-0.15, -0.1) is 0 Å². The summed E-state index contributed by atoms with van der Waals surface area (Å²) in [6.45, 7) is 0.683. The van der Waals surface area contributed by atoms with Gasteiger partial charge in [-0.3, -0.25) is 9.69 Å². The van der Waals surface area contributed by atoms with E-state index in [1.165, 1.54) is 6.33 Å². The molecule has 0 aliphatic rings. The van der Waals surface area contributed by atoms with Gasteiger partial charge in [-0.25, -0.2) is 9.67 Å². The Labute approximate surface area is 174 Å². The first-order chi connectivity index (χ1) is 14.0. The van der Waals surface area contributed by atoms with Crippen LogP contribution in [-0.2, 0) is 11.3 Å². The highest BCUT2D eigenvalue weighted by Crippen LogP contribution is 2.31. The second-order valence-corrected chi connectivity index (χ2v) is 6.81. The molecule has 0 saturated carbocycles. The van der Waals surface area contributed by atoms with Gasteiger partial charge >= 0.3 is 0 Å². The maximum absolute atomic E-state index is 12.6. The van der Waals surface area contributed by atoms with Crippen molar-refractivity contribution in [1.82, 2.24) is 19.7 Å². The van der Waals surface area contributed by atoms with Crippen molar-refractivity contribution in [2.75, 3.05) is 33.1 Å². The van der Waals surface area contributed by atoms with Crippen molar-refractivity contribution in [3.8, 4) is 17.2 Å². The quantitative estimate of drug-likeness (QED) is 0.609. The predicted octanol–water partition coefficient (Wildman–Crippen LogP) is 3.01. The molecule has 0 aliphatic heterocycles. The van der Waals surface area contributed by atoms with Crippen molar-refractivity contribution in [1.29, 1.82) is 0 Å². The first kappa shape index (κ1) is 20.6. The molecule has 0 atom stereocenters. The molecule has 1 aromatic heterocycles. The second-order valence-electron chi connectivity index (χ2n) is 6.37. The number of likely N-dealkylation sites (N-methyl/N-ethyl adjacent to an activating group) is 1. The molecule has 1 heterocycles. The van der Waals surface area contributed by atoms with Crippen LogP contribution in [0.4, 0.5) is 5.69 Å². The van der Waals surface area contributed by atoms with Gasteiger partial charge in [0, 0.05) is 17.1 Å². The maximum atomic E-state index is 12.6. The van der Waals surface area contributed by atoms with E-state index in [0.717, 1.165) is 5.56 Å². The van der Waals surface area contributed by atoms with Crippen LogP contribution in [0.25, 0.3) is 5.69 Å². The number of amides is 1. The van der Waals surface area contributed by atoms with Gasteiger partial charge in [-0.1, -0.05) is 23.7 Å². The van der Waals surface area contributed by atoms with Crippen LogP contribution in [-0.4, -0.2) is 53.4 Å². The van der Waals surface area contributed by atoms with Crippen LogP contribution in [0.3, 0.4) is 0 Å². The molecule has 29 heavy (non-hydrogen) atoms. The van der Waals surface area contributed by atoms with Gasteiger partial charge in [-0.2, -0.15) is 5.10 Å². The van der Waals surface area contributed by atoms with Gasteiger partial charge in [0.25, 0.3) is 0 Å². The van der Waals surface area contributed by atoms with E-state index in [-0.39, 0.29) is 12.5 Å². The maximum Gasteiger partial charge on any atom is 0.238 e. The first-order valence-corrected chi connectivity index (χ1v) is 9.22. The number of hydrogen-bond donors (Lipinski definition) is 1. The second kappa shape index (κ2) is 9.40. The van der Waals surface area contributed by atoms with Gasteiger partial charge in [0.2, 0.25) is 5.91 Å². The van der Waals surface area contributed by atoms with Crippen molar-refractivity contribution in [2.45, 2.75) is 6.54 Å². The molecule has 0 fully saturated rings. The minimum absolute atomic E-state index is 0.170. The lowest BCUT2D eigenvalue weighted by Gasteiger charge is -2.19. The summed E-state index contributed by atoms with van der Waals surface area (Å²) in [5.41, 5.74) is 2.16. The highest BCUT2D eigenvalue weighted by molar-refractivity contribution is 6.31. The minimum Gasteiger partial charge on any atom is -0.493 e. The van der Waals surface area contributed by atoms with Gasteiger partial charge in [-0.05, 0) is 31.3 Å². The minimum atomic E-state index is -0.182. The van der Waals surface area contributed by atoms with Crippen molar-refractivity contribution < 1.29 is 14.3 Å². The Morgan fingerprint density at radius 3 is 2.76 bits per heavy atom. The summed E-state index contributed by atoms with van der Waals surface area (Å²) in [7, 11) is 5.05. The van der Waals surface area contributed by atoms with Crippen molar-refractivity contribution in [3.63, 3.8) is 0 Å². The van der Waals surface area contributed by atoms with Crippen LogP contribution < -0.4 is 14.8 Å². The third-order valence-corrected chi connectivity index (χ3v) is 4.47. The normalized spacial score (nSPS) is 10.8. The number of ether oxygens (including phenoxy) is 2. The van der Waals surface area contributed by atoms with Crippen LogP contribution in [0.2, 0.25) is 5.02 Å². The Hall–Kier alpha value is -3.10. The molecule has 1 amide bonds. The molecule has 0 spiro atoms. The Morgan fingerprint density at radius 2 is 2.07 bits per heavy atom. The fourth-order valence-corrected chi connectivity index (χ4v) is 3.17. The number of carbonyl (C=O) groups excluding carboxylic acids is 1. The zero-order valence-corrected chi connectivity index (χ0v) is 17.2. The van der Waals surface area contributed by atoms with Gasteiger partial charge in [0.15, 0.2) is 11.5 Å². The van der Waals surface area contributed by atoms with Crippen LogP contribution in [0, 0.1) is 0 Å². The van der Waals surface area contributed by atoms with Gasteiger partial charge in [0.05, 0.1) is 32.1 Å². The molecular formula is C20H22ClN5O3. The number of methoxy groups -OCH3 is 2. The van der Waals surface area contributed by atoms with E-state index in [1.54, 1.807) is 43.4 Å². The molecule has 2 aromatic carbocycles. The molecule has 0 aliphatic carbocycles. The SMILES string of the molecule is COc1cccc(CN(C)CC(=O)Nc2cc(Cl)ccc2-n2cncn2)c1OC. The molecule has 9 heteroatoms. The highest BCUT2D eigenvalue weighted by atomic mass is 35.5. The molecule has 3 aromatic rings. The van der Waals surface area contributed by atoms with Gasteiger partial charge < -0.3 is 14.8 Å². The summed E-state index contributed by atoms with van der Waals surface area (Å²) in [5, 5.41) is 7.52. The molecular weight excluding hydrogens is 394 g/mol. The lowest BCUT2D eigenvalue weighted by atomic mass is 10.1. The molecule has 1 N–H and O–H groups in total. The third kappa shape index (κ3) is 5.04. The van der Waals surface area contributed by atoms with Crippen LogP contribution in [0.1, 0.15) is 5.56 Å². The largest absolute Gasteiger partial charge is 0.493 e. The third-order valence-electron chi connectivity index (χ3n) is 4.24. The molecule has 3 rings (SSSR count). The molecule has 152 valence electrons. The molecule has 8 nitrogen and oxygen atoms in total. The first-order valence-electron chi connectivity index (χ1n) is 8.84. The lowest BCUT2D eigenvalue weighted by Crippen LogP contribution is -2.30. The van der Waals surface area contributed by atoms with Crippen LogP contribution in [0.15, 0.2) is 49.1 Å². The summed E-state index contributed by atoms with van der Waals surface area (Å²) in [4.78, 5) is 18.5. The fourth-order valence-electron chi connectivity index (χ4n) is 3.00. The predicted molar refractivity (Wildman–Crippen MR) is 111 cm³/mol. The van der Waals surface area contributed by atoms with Crippen molar-refractivity contribution >= 4 is 23.2 Å². The highest BCUT2D eigenvalue weighted by Gasteiger charge is 2.15. The number of nitrogens with zero attached hydrogens (tertiary/aromatic N) is 4. The average molecular weight is 416 g/mol. The zero-order valence-electron chi connectivity index (χ0n) is 16.4. The van der Waals surface area contributed by atoms with E-state index in [4.69, 9.17) is 21.1 Å². The standard InChI is InChI=1S/C20H22ClN5O3/c1-25(10-14-5-4-6-18(28-2)20(14)29-3)11-19(27)24-16-9-15(21)7-8-17(16)26-13-22-12-23-26/h4-9,12-13H,10-11H2,1-3H3,(H,24,27). The number of rotatable bonds is 8. The number of anilines is 1. The number of aromatic nitrogens is 3.